The number of nitrogens with one attached hydrogen (secondary N) is 1. The Balaban J connectivity index is 2.44. The summed E-state index contributed by atoms with van der Waals surface area (Å²) in [6.07, 6.45) is 3.33. The van der Waals surface area contributed by atoms with Crippen molar-refractivity contribution in [2.24, 2.45) is 12.8 Å². The molecule has 0 radical (unpaired) electrons. The highest BCUT2D eigenvalue weighted by molar-refractivity contribution is 5.94. The van der Waals surface area contributed by atoms with Gasteiger partial charge in [0, 0.05) is 25.3 Å². The van der Waals surface area contributed by atoms with Crippen LogP contribution in [0.15, 0.2) is 6.20 Å². The lowest BCUT2D eigenvalue weighted by molar-refractivity contribution is 0.0952. The highest BCUT2D eigenvalue weighted by Gasteiger charge is 2.12. The third kappa shape index (κ3) is 3.06. The molecular weight excluding hydrogens is 204 g/mol. The molecule has 1 amide bonds. The zero-order valence-corrected chi connectivity index (χ0v) is 10.2. The van der Waals surface area contributed by atoms with Crippen LogP contribution in [-0.4, -0.2) is 28.3 Å². The van der Waals surface area contributed by atoms with Crippen LogP contribution in [0, 0.1) is 6.92 Å². The molecule has 1 unspecified atom stereocenters. The smallest absolute Gasteiger partial charge is 0.254 e. The minimum absolute atomic E-state index is 0.0751. The summed E-state index contributed by atoms with van der Waals surface area (Å²) in [6, 6.07) is 0.162. The minimum atomic E-state index is -0.0751. The minimum Gasteiger partial charge on any atom is -0.352 e. The summed E-state index contributed by atoms with van der Waals surface area (Å²) in [6.45, 7) is 4.53. The first kappa shape index (κ1) is 12.7. The first-order chi connectivity index (χ1) is 7.56. The lowest BCUT2D eigenvalue weighted by Crippen LogP contribution is -2.30. The van der Waals surface area contributed by atoms with Gasteiger partial charge >= 0.3 is 0 Å². The largest absolute Gasteiger partial charge is 0.352 e. The molecule has 0 aromatic carbocycles. The van der Waals surface area contributed by atoms with E-state index in [4.69, 9.17) is 5.73 Å². The first-order valence-electron chi connectivity index (χ1n) is 5.58. The van der Waals surface area contributed by atoms with Gasteiger partial charge in [-0.25, -0.2) is 0 Å². The van der Waals surface area contributed by atoms with Gasteiger partial charge in [-0.05, 0) is 19.8 Å². The molecule has 5 nitrogen and oxygen atoms in total. The number of nitrogens with zero attached hydrogens (tertiary/aromatic N) is 2. The molecule has 1 rings (SSSR count). The average molecular weight is 224 g/mol. The fourth-order valence-corrected chi connectivity index (χ4v) is 1.39. The van der Waals surface area contributed by atoms with E-state index in [-0.39, 0.29) is 11.9 Å². The summed E-state index contributed by atoms with van der Waals surface area (Å²) in [5, 5.41) is 6.87. The molecule has 1 aromatic rings. The van der Waals surface area contributed by atoms with Crippen molar-refractivity contribution < 1.29 is 4.79 Å². The van der Waals surface area contributed by atoms with Crippen molar-refractivity contribution in [2.75, 3.05) is 6.54 Å². The molecule has 3 N–H and O–H groups in total. The molecule has 0 bridgehead atoms. The van der Waals surface area contributed by atoms with Crippen LogP contribution in [0.1, 0.15) is 35.8 Å². The quantitative estimate of drug-likeness (QED) is 0.768. The molecule has 0 spiro atoms. The molecule has 0 aliphatic rings. The van der Waals surface area contributed by atoms with Gasteiger partial charge in [-0.2, -0.15) is 5.10 Å². The maximum absolute atomic E-state index is 11.7. The van der Waals surface area contributed by atoms with E-state index in [1.165, 1.54) is 0 Å². The lowest BCUT2D eigenvalue weighted by atomic mass is 10.1. The summed E-state index contributed by atoms with van der Waals surface area (Å²) in [7, 11) is 1.82. The number of rotatable bonds is 5. The molecule has 16 heavy (non-hydrogen) atoms. The fraction of sp³-hybridized carbons (Fsp3) is 0.636. The van der Waals surface area contributed by atoms with Crippen molar-refractivity contribution in [3.63, 3.8) is 0 Å². The molecule has 1 atom stereocenters. The van der Waals surface area contributed by atoms with Crippen LogP contribution >= 0.6 is 0 Å². The highest BCUT2D eigenvalue weighted by Crippen LogP contribution is 2.05. The van der Waals surface area contributed by atoms with E-state index in [0.717, 1.165) is 18.5 Å². The molecular formula is C11H20N4O. The molecule has 1 aromatic heterocycles. The van der Waals surface area contributed by atoms with Crippen LogP contribution < -0.4 is 11.1 Å². The normalized spacial score (nSPS) is 12.5. The predicted octanol–water partition coefficient (Wildman–Crippen LogP) is 0.586. The first-order valence-corrected chi connectivity index (χ1v) is 5.58. The van der Waals surface area contributed by atoms with Crippen molar-refractivity contribution in [2.45, 2.75) is 32.7 Å². The molecule has 0 aliphatic carbocycles. The van der Waals surface area contributed by atoms with Gasteiger partial charge in [0.25, 0.3) is 5.91 Å². The van der Waals surface area contributed by atoms with Gasteiger partial charge in [-0.3, -0.25) is 9.48 Å². The number of carbonyl (C=O) groups excluding carboxylic acids is 1. The Hall–Kier alpha value is -1.36. The van der Waals surface area contributed by atoms with E-state index in [2.05, 4.69) is 10.4 Å². The van der Waals surface area contributed by atoms with Crippen molar-refractivity contribution >= 4 is 5.91 Å². The predicted molar refractivity (Wildman–Crippen MR) is 63.2 cm³/mol. The Kier molecular flexibility index (Phi) is 4.49. The Morgan fingerprint density at radius 1 is 1.69 bits per heavy atom. The van der Waals surface area contributed by atoms with E-state index in [0.29, 0.717) is 12.1 Å². The van der Waals surface area contributed by atoms with E-state index < -0.39 is 0 Å². The van der Waals surface area contributed by atoms with Crippen molar-refractivity contribution in [3.05, 3.63) is 17.5 Å². The van der Waals surface area contributed by atoms with E-state index in [1.807, 2.05) is 20.9 Å². The van der Waals surface area contributed by atoms with E-state index in [9.17, 15) is 4.79 Å². The van der Waals surface area contributed by atoms with Gasteiger partial charge in [0.15, 0.2) is 0 Å². The van der Waals surface area contributed by atoms with Gasteiger partial charge in [-0.1, -0.05) is 6.92 Å². The number of aromatic nitrogens is 2. The highest BCUT2D eigenvalue weighted by atomic mass is 16.1. The third-order valence-corrected chi connectivity index (χ3v) is 2.80. The van der Waals surface area contributed by atoms with Crippen LogP contribution in [0.25, 0.3) is 0 Å². The fourth-order valence-electron chi connectivity index (χ4n) is 1.39. The molecule has 90 valence electrons. The topological polar surface area (TPSA) is 72.9 Å². The summed E-state index contributed by atoms with van der Waals surface area (Å²) in [5.41, 5.74) is 7.27. The second-order valence-electron chi connectivity index (χ2n) is 3.98. The van der Waals surface area contributed by atoms with Gasteiger partial charge in [0.2, 0.25) is 0 Å². The Labute approximate surface area is 96.0 Å². The van der Waals surface area contributed by atoms with Gasteiger partial charge in [-0.15, -0.1) is 0 Å². The van der Waals surface area contributed by atoms with Crippen LogP contribution in [0.2, 0.25) is 0 Å². The molecule has 0 aliphatic heterocycles. The molecule has 1 heterocycles. The molecule has 0 fully saturated rings. The maximum Gasteiger partial charge on any atom is 0.254 e. The zero-order chi connectivity index (χ0) is 12.1. The van der Waals surface area contributed by atoms with Gasteiger partial charge in [0.1, 0.15) is 0 Å². The van der Waals surface area contributed by atoms with Gasteiger partial charge < -0.3 is 11.1 Å². The SMILES string of the molecule is CCC(N)CCNC(=O)c1cnn(C)c1C. The Morgan fingerprint density at radius 2 is 2.38 bits per heavy atom. The van der Waals surface area contributed by atoms with Crippen LogP contribution in [0.5, 0.6) is 0 Å². The standard InChI is InChI=1S/C11H20N4O/c1-4-9(12)5-6-13-11(16)10-7-14-15(3)8(10)2/h7,9H,4-6,12H2,1-3H3,(H,13,16). The average Bonchev–Trinajstić information content (AvgIpc) is 2.59. The molecule has 5 heteroatoms. The van der Waals surface area contributed by atoms with E-state index in [1.54, 1.807) is 10.9 Å². The number of amides is 1. The van der Waals surface area contributed by atoms with Crippen molar-refractivity contribution in [1.82, 2.24) is 15.1 Å². The van der Waals surface area contributed by atoms with Crippen molar-refractivity contribution in [3.8, 4) is 0 Å². The summed E-state index contributed by atoms with van der Waals surface area (Å²) < 4.78 is 1.69. The number of nitrogens with two attached hydrogens (primary N) is 1. The monoisotopic (exact) mass is 224 g/mol. The zero-order valence-electron chi connectivity index (χ0n) is 10.2. The number of aryl methyl sites for hydroxylation is 1. The van der Waals surface area contributed by atoms with Crippen LogP contribution in [-0.2, 0) is 7.05 Å². The number of hydrogen-bond donors (Lipinski definition) is 2. The maximum atomic E-state index is 11.7. The number of carbonyl (C=O) groups is 1. The Morgan fingerprint density at radius 3 is 2.88 bits per heavy atom. The van der Waals surface area contributed by atoms with Crippen molar-refractivity contribution in [1.29, 1.82) is 0 Å². The molecule has 0 saturated carbocycles. The number of hydrogen-bond acceptors (Lipinski definition) is 3. The van der Waals surface area contributed by atoms with E-state index >= 15 is 0 Å². The lowest BCUT2D eigenvalue weighted by Gasteiger charge is -2.09. The second kappa shape index (κ2) is 5.65. The summed E-state index contributed by atoms with van der Waals surface area (Å²) in [4.78, 5) is 11.7. The third-order valence-electron chi connectivity index (χ3n) is 2.80. The summed E-state index contributed by atoms with van der Waals surface area (Å²) >= 11 is 0. The van der Waals surface area contributed by atoms with Crippen LogP contribution in [0.3, 0.4) is 0 Å². The van der Waals surface area contributed by atoms with Crippen LogP contribution in [0.4, 0.5) is 0 Å². The van der Waals surface area contributed by atoms with Gasteiger partial charge in [0.05, 0.1) is 11.8 Å². The summed E-state index contributed by atoms with van der Waals surface area (Å²) in [5.74, 6) is -0.0751. The Bertz CT molecular complexity index is 359. The molecule has 0 saturated heterocycles. The second-order valence-corrected chi connectivity index (χ2v) is 3.98.